The third-order valence-corrected chi connectivity index (χ3v) is 3.34. The first-order valence-corrected chi connectivity index (χ1v) is 8.02. The zero-order valence-electron chi connectivity index (χ0n) is 13.2. The molecule has 0 spiro atoms. The molecule has 4 nitrogen and oxygen atoms in total. The van der Waals surface area contributed by atoms with Crippen LogP contribution in [0.15, 0.2) is 59.7 Å². The van der Waals surface area contributed by atoms with Crippen LogP contribution in [-0.4, -0.2) is 24.5 Å². The van der Waals surface area contributed by atoms with Gasteiger partial charge in [0.15, 0.2) is 5.11 Å². The summed E-state index contributed by atoms with van der Waals surface area (Å²) in [6.07, 6.45) is 2.62. The molecule has 0 aliphatic heterocycles. The van der Waals surface area contributed by atoms with Crippen molar-refractivity contribution in [3.63, 3.8) is 0 Å². The fraction of sp³-hybridized carbons (Fsp3) is 0.222. The van der Waals surface area contributed by atoms with E-state index in [1.54, 1.807) is 6.21 Å². The number of thiocarbonyl (C=S) groups is 1. The summed E-state index contributed by atoms with van der Waals surface area (Å²) in [6.45, 7) is 3.42. The summed E-state index contributed by atoms with van der Waals surface area (Å²) >= 11 is 5.02. The molecule has 2 aromatic carbocycles. The molecule has 0 heterocycles. The maximum Gasteiger partial charge on any atom is 0.186 e. The van der Waals surface area contributed by atoms with E-state index in [4.69, 9.17) is 17.0 Å². The van der Waals surface area contributed by atoms with Crippen molar-refractivity contribution in [2.45, 2.75) is 13.3 Å². The largest absolute Gasteiger partial charge is 0.493 e. The summed E-state index contributed by atoms with van der Waals surface area (Å²) in [7, 11) is 0. The van der Waals surface area contributed by atoms with Crippen molar-refractivity contribution in [1.82, 2.24) is 10.7 Å². The van der Waals surface area contributed by atoms with Gasteiger partial charge in [-0.25, -0.2) is 0 Å². The molecule has 120 valence electrons. The van der Waals surface area contributed by atoms with E-state index in [-0.39, 0.29) is 0 Å². The molecule has 5 heteroatoms. The Balaban J connectivity index is 1.75. The molecule has 0 unspecified atom stereocenters. The smallest absolute Gasteiger partial charge is 0.186 e. The molecule has 0 saturated carbocycles. The molecule has 2 rings (SSSR count). The summed E-state index contributed by atoms with van der Waals surface area (Å²) in [5.74, 6) is 0.856. The maximum absolute atomic E-state index is 5.75. The molecular formula is C18H21N3OS. The van der Waals surface area contributed by atoms with E-state index < -0.39 is 0 Å². The second-order valence-electron chi connectivity index (χ2n) is 4.88. The average molecular weight is 327 g/mol. The molecule has 23 heavy (non-hydrogen) atoms. The van der Waals surface area contributed by atoms with Crippen molar-refractivity contribution < 1.29 is 4.74 Å². The van der Waals surface area contributed by atoms with Crippen LogP contribution >= 0.6 is 12.2 Å². The van der Waals surface area contributed by atoms with Gasteiger partial charge in [-0.1, -0.05) is 30.3 Å². The summed E-state index contributed by atoms with van der Waals surface area (Å²) in [5.41, 5.74) is 5.01. The highest BCUT2D eigenvalue weighted by Gasteiger charge is 1.96. The van der Waals surface area contributed by atoms with Gasteiger partial charge in [0.1, 0.15) is 5.75 Å². The van der Waals surface area contributed by atoms with Gasteiger partial charge in [0, 0.05) is 13.0 Å². The summed E-state index contributed by atoms with van der Waals surface area (Å²) in [4.78, 5) is 0. The van der Waals surface area contributed by atoms with Crippen LogP contribution in [0.1, 0.15) is 18.1 Å². The van der Waals surface area contributed by atoms with E-state index in [9.17, 15) is 0 Å². The lowest BCUT2D eigenvalue weighted by atomic mass is 10.2. The lowest BCUT2D eigenvalue weighted by Crippen LogP contribution is -2.31. The van der Waals surface area contributed by atoms with Crippen molar-refractivity contribution >= 4 is 23.5 Å². The van der Waals surface area contributed by atoms with Crippen LogP contribution in [0.2, 0.25) is 0 Å². The van der Waals surface area contributed by atoms with Crippen molar-refractivity contribution in [3.8, 4) is 5.75 Å². The number of nitrogens with zero attached hydrogens (tertiary/aromatic N) is 1. The number of hydrogen-bond acceptors (Lipinski definition) is 3. The first-order chi connectivity index (χ1) is 11.3. The van der Waals surface area contributed by atoms with Crippen LogP contribution in [0.3, 0.4) is 0 Å². The van der Waals surface area contributed by atoms with Crippen LogP contribution < -0.4 is 15.5 Å². The number of hydrogen-bond donors (Lipinski definition) is 2. The number of nitrogens with one attached hydrogen (secondary N) is 2. The van der Waals surface area contributed by atoms with Gasteiger partial charge >= 0.3 is 0 Å². The number of ether oxygens (including phenoxy) is 1. The van der Waals surface area contributed by atoms with Gasteiger partial charge in [-0.05, 0) is 54.5 Å². The first kappa shape index (κ1) is 17.0. The van der Waals surface area contributed by atoms with Gasteiger partial charge in [-0.3, -0.25) is 5.43 Å². The molecule has 0 aliphatic carbocycles. The van der Waals surface area contributed by atoms with Gasteiger partial charge in [0.05, 0.1) is 12.8 Å². The lowest BCUT2D eigenvalue weighted by Gasteiger charge is -2.06. The van der Waals surface area contributed by atoms with Crippen LogP contribution in [0.5, 0.6) is 5.75 Å². The van der Waals surface area contributed by atoms with Crippen molar-refractivity contribution in [1.29, 1.82) is 0 Å². The van der Waals surface area contributed by atoms with Crippen LogP contribution in [-0.2, 0) is 6.42 Å². The molecular weight excluding hydrogens is 306 g/mol. The maximum atomic E-state index is 5.75. The van der Waals surface area contributed by atoms with Crippen LogP contribution in [0, 0.1) is 0 Å². The average Bonchev–Trinajstić information content (AvgIpc) is 2.57. The summed E-state index contributed by atoms with van der Waals surface area (Å²) in [6, 6.07) is 18.1. The third kappa shape index (κ3) is 6.48. The molecule has 2 aromatic rings. The molecule has 0 saturated heterocycles. The van der Waals surface area contributed by atoms with Gasteiger partial charge in [0.2, 0.25) is 0 Å². The van der Waals surface area contributed by atoms with Crippen LogP contribution in [0.25, 0.3) is 0 Å². The van der Waals surface area contributed by atoms with E-state index in [0.717, 1.165) is 24.3 Å². The predicted octanol–water partition coefficient (Wildman–Crippen LogP) is 3.13. The second kappa shape index (κ2) is 9.58. The molecule has 0 amide bonds. The van der Waals surface area contributed by atoms with Crippen molar-refractivity contribution in [2.75, 3.05) is 13.2 Å². The second-order valence-corrected chi connectivity index (χ2v) is 5.29. The molecule has 0 aliphatic rings. The molecule has 0 aromatic heterocycles. The zero-order chi connectivity index (χ0) is 16.3. The Labute approximate surface area is 142 Å². The van der Waals surface area contributed by atoms with Gasteiger partial charge in [-0.15, -0.1) is 0 Å². The Kier molecular flexibility index (Phi) is 7.07. The Hall–Kier alpha value is -2.40. The number of hydrazone groups is 1. The quantitative estimate of drug-likeness (QED) is 0.466. The molecule has 0 bridgehead atoms. The minimum absolute atomic E-state index is 0.518. The van der Waals surface area contributed by atoms with E-state index in [1.165, 1.54) is 5.56 Å². The lowest BCUT2D eigenvalue weighted by molar-refractivity contribution is 0.322. The first-order valence-electron chi connectivity index (χ1n) is 7.61. The Morgan fingerprint density at radius 1 is 1.13 bits per heavy atom. The van der Waals surface area contributed by atoms with E-state index in [1.807, 2.05) is 49.4 Å². The number of benzene rings is 2. The van der Waals surface area contributed by atoms with Crippen molar-refractivity contribution in [3.05, 3.63) is 65.7 Å². The monoisotopic (exact) mass is 327 g/mol. The van der Waals surface area contributed by atoms with Crippen molar-refractivity contribution in [2.24, 2.45) is 5.10 Å². The van der Waals surface area contributed by atoms with Crippen LogP contribution in [0.4, 0.5) is 0 Å². The SMILES string of the molecule is CCNC(=S)NN=Cc1ccc(OCCc2ccccc2)cc1. The van der Waals surface area contributed by atoms with Gasteiger partial charge in [0.25, 0.3) is 0 Å². The topological polar surface area (TPSA) is 45.7 Å². The minimum Gasteiger partial charge on any atom is -0.493 e. The molecule has 0 fully saturated rings. The highest BCUT2D eigenvalue weighted by molar-refractivity contribution is 7.80. The predicted molar refractivity (Wildman–Crippen MR) is 99.1 cm³/mol. The highest BCUT2D eigenvalue weighted by atomic mass is 32.1. The Morgan fingerprint density at radius 3 is 2.57 bits per heavy atom. The minimum atomic E-state index is 0.518. The molecule has 0 radical (unpaired) electrons. The summed E-state index contributed by atoms with van der Waals surface area (Å²) < 4.78 is 5.75. The standard InChI is InChI=1S/C18H21N3OS/c1-2-19-18(23)21-20-14-16-8-10-17(11-9-16)22-13-12-15-6-4-3-5-7-15/h3-11,14H,2,12-13H2,1H3,(H2,19,21,23). The summed E-state index contributed by atoms with van der Waals surface area (Å²) in [5, 5.41) is 7.55. The highest BCUT2D eigenvalue weighted by Crippen LogP contribution is 2.11. The zero-order valence-corrected chi connectivity index (χ0v) is 14.0. The third-order valence-electron chi connectivity index (χ3n) is 3.10. The fourth-order valence-electron chi connectivity index (χ4n) is 1.95. The molecule has 0 atom stereocenters. The molecule has 2 N–H and O–H groups in total. The number of rotatable bonds is 7. The normalized spacial score (nSPS) is 10.5. The van der Waals surface area contributed by atoms with E-state index >= 15 is 0 Å². The van der Waals surface area contributed by atoms with Gasteiger partial charge < -0.3 is 10.1 Å². The van der Waals surface area contributed by atoms with E-state index in [2.05, 4.69) is 28.0 Å². The van der Waals surface area contributed by atoms with Gasteiger partial charge in [-0.2, -0.15) is 5.10 Å². The fourth-order valence-corrected chi connectivity index (χ4v) is 2.14. The Morgan fingerprint density at radius 2 is 1.87 bits per heavy atom. The van der Waals surface area contributed by atoms with E-state index in [0.29, 0.717) is 11.7 Å². The Bertz CT molecular complexity index is 626.